The lowest BCUT2D eigenvalue weighted by Crippen LogP contribution is -1.78. The SMILES string of the molecule is CN=CCN=Nc1ccccc1C. The molecule has 0 aliphatic heterocycles. The number of aryl methyl sites for hydroxylation is 1. The molecule has 13 heavy (non-hydrogen) atoms. The van der Waals surface area contributed by atoms with Gasteiger partial charge in [-0.05, 0) is 18.6 Å². The van der Waals surface area contributed by atoms with Gasteiger partial charge < -0.3 is 0 Å². The predicted octanol–water partition coefficient (Wildman–Crippen LogP) is 2.78. The molecule has 0 spiro atoms. The molecule has 1 aromatic rings. The molecule has 0 aromatic heterocycles. The smallest absolute Gasteiger partial charge is 0.0951 e. The van der Waals surface area contributed by atoms with Gasteiger partial charge in [-0.3, -0.25) is 4.99 Å². The molecule has 0 radical (unpaired) electrons. The summed E-state index contributed by atoms with van der Waals surface area (Å²) in [5.41, 5.74) is 2.06. The number of aliphatic imine (C=N–C) groups is 1. The highest BCUT2D eigenvalue weighted by atomic mass is 15.1. The quantitative estimate of drug-likeness (QED) is 0.500. The maximum atomic E-state index is 4.08. The third kappa shape index (κ3) is 3.15. The lowest BCUT2D eigenvalue weighted by Gasteiger charge is -1.95. The van der Waals surface area contributed by atoms with Crippen molar-refractivity contribution in [2.24, 2.45) is 15.2 Å². The fourth-order valence-corrected chi connectivity index (χ4v) is 0.911. The molecule has 3 nitrogen and oxygen atoms in total. The second-order valence-electron chi connectivity index (χ2n) is 2.65. The summed E-state index contributed by atoms with van der Waals surface area (Å²) < 4.78 is 0. The van der Waals surface area contributed by atoms with Crippen LogP contribution in [0.5, 0.6) is 0 Å². The maximum Gasteiger partial charge on any atom is 0.0951 e. The molecule has 0 aliphatic rings. The van der Waals surface area contributed by atoms with Gasteiger partial charge in [-0.2, -0.15) is 10.2 Å². The molecular formula is C10H13N3. The van der Waals surface area contributed by atoms with Crippen LogP contribution in [-0.2, 0) is 0 Å². The van der Waals surface area contributed by atoms with Gasteiger partial charge in [-0.15, -0.1) is 0 Å². The zero-order valence-corrected chi connectivity index (χ0v) is 7.94. The van der Waals surface area contributed by atoms with E-state index in [1.54, 1.807) is 13.3 Å². The summed E-state index contributed by atoms with van der Waals surface area (Å²) >= 11 is 0. The zero-order valence-electron chi connectivity index (χ0n) is 7.94. The van der Waals surface area contributed by atoms with E-state index in [1.165, 1.54) is 0 Å². The number of nitrogens with zero attached hydrogens (tertiary/aromatic N) is 3. The monoisotopic (exact) mass is 175 g/mol. The average molecular weight is 175 g/mol. The third-order valence-corrected chi connectivity index (χ3v) is 1.64. The molecule has 0 fully saturated rings. The van der Waals surface area contributed by atoms with E-state index in [1.807, 2.05) is 31.2 Å². The van der Waals surface area contributed by atoms with Gasteiger partial charge in [0, 0.05) is 13.3 Å². The van der Waals surface area contributed by atoms with Gasteiger partial charge in [0.2, 0.25) is 0 Å². The molecule has 0 amide bonds. The lowest BCUT2D eigenvalue weighted by atomic mass is 10.2. The fourth-order valence-electron chi connectivity index (χ4n) is 0.911. The molecule has 0 aliphatic carbocycles. The van der Waals surface area contributed by atoms with Crippen LogP contribution < -0.4 is 0 Å². The van der Waals surface area contributed by atoms with Gasteiger partial charge in [0.25, 0.3) is 0 Å². The van der Waals surface area contributed by atoms with Crippen LogP contribution in [0.15, 0.2) is 39.5 Å². The van der Waals surface area contributed by atoms with Gasteiger partial charge in [0.1, 0.15) is 0 Å². The summed E-state index contributed by atoms with van der Waals surface area (Å²) in [6.07, 6.45) is 1.72. The van der Waals surface area contributed by atoms with E-state index in [0.29, 0.717) is 6.54 Å². The van der Waals surface area contributed by atoms with Crippen molar-refractivity contribution >= 4 is 11.9 Å². The van der Waals surface area contributed by atoms with E-state index in [0.717, 1.165) is 11.3 Å². The van der Waals surface area contributed by atoms with Gasteiger partial charge in [-0.25, -0.2) is 0 Å². The van der Waals surface area contributed by atoms with Crippen molar-refractivity contribution in [3.63, 3.8) is 0 Å². The Balaban J connectivity index is 2.63. The van der Waals surface area contributed by atoms with E-state index in [9.17, 15) is 0 Å². The van der Waals surface area contributed by atoms with Gasteiger partial charge in [0.15, 0.2) is 0 Å². The number of hydrogen-bond donors (Lipinski definition) is 0. The summed E-state index contributed by atoms with van der Waals surface area (Å²) in [4.78, 5) is 3.81. The van der Waals surface area contributed by atoms with Crippen molar-refractivity contribution in [3.8, 4) is 0 Å². The Labute approximate surface area is 78.2 Å². The molecule has 0 heterocycles. The first-order valence-electron chi connectivity index (χ1n) is 4.18. The zero-order chi connectivity index (χ0) is 9.52. The van der Waals surface area contributed by atoms with E-state index in [2.05, 4.69) is 15.2 Å². The Morgan fingerprint density at radius 1 is 1.31 bits per heavy atom. The second kappa shape index (κ2) is 5.19. The van der Waals surface area contributed by atoms with Crippen LogP contribution in [0.4, 0.5) is 5.69 Å². The Morgan fingerprint density at radius 2 is 2.08 bits per heavy atom. The second-order valence-corrected chi connectivity index (χ2v) is 2.65. The number of rotatable bonds is 3. The highest BCUT2D eigenvalue weighted by Crippen LogP contribution is 2.16. The van der Waals surface area contributed by atoms with Gasteiger partial charge in [0.05, 0.1) is 12.2 Å². The standard InChI is InChI=1S/C10H13N3/c1-9-5-3-4-6-10(9)13-12-8-7-11-2/h3-7H,8H2,1-2H3. The summed E-state index contributed by atoms with van der Waals surface area (Å²) in [5, 5.41) is 8.04. The van der Waals surface area contributed by atoms with Crippen molar-refractivity contribution in [1.29, 1.82) is 0 Å². The Kier molecular flexibility index (Phi) is 3.82. The summed E-state index contributed by atoms with van der Waals surface area (Å²) in [7, 11) is 1.73. The topological polar surface area (TPSA) is 37.1 Å². The fraction of sp³-hybridized carbons (Fsp3) is 0.300. The molecule has 1 aromatic carbocycles. The van der Waals surface area contributed by atoms with Crippen LogP contribution in [0.1, 0.15) is 5.56 Å². The molecule has 0 bridgehead atoms. The Morgan fingerprint density at radius 3 is 2.77 bits per heavy atom. The first-order chi connectivity index (χ1) is 6.34. The minimum atomic E-state index is 0.546. The molecular weight excluding hydrogens is 162 g/mol. The Hall–Kier alpha value is -1.51. The minimum Gasteiger partial charge on any atom is -0.299 e. The van der Waals surface area contributed by atoms with Crippen molar-refractivity contribution in [2.75, 3.05) is 13.6 Å². The molecule has 0 saturated carbocycles. The van der Waals surface area contributed by atoms with Crippen LogP contribution in [0.3, 0.4) is 0 Å². The van der Waals surface area contributed by atoms with Crippen LogP contribution in [0.25, 0.3) is 0 Å². The molecule has 0 unspecified atom stereocenters. The van der Waals surface area contributed by atoms with Crippen molar-refractivity contribution in [3.05, 3.63) is 29.8 Å². The summed E-state index contributed by atoms with van der Waals surface area (Å²) in [6, 6.07) is 7.90. The third-order valence-electron chi connectivity index (χ3n) is 1.64. The van der Waals surface area contributed by atoms with Crippen molar-refractivity contribution < 1.29 is 0 Å². The molecule has 0 atom stereocenters. The molecule has 0 saturated heterocycles. The summed E-state index contributed by atoms with van der Waals surface area (Å²) in [6.45, 7) is 2.56. The number of hydrogen-bond acceptors (Lipinski definition) is 3. The first kappa shape index (κ1) is 9.58. The van der Waals surface area contributed by atoms with E-state index in [4.69, 9.17) is 0 Å². The number of benzene rings is 1. The van der Waals surface area contributed by atoms with Crippen LogP contribution in [0.2, 0.25) is 0 Å². The largest absolute Gasteiger partial charge is 0.299 e. The van der Waals surface area contributed by atoms with E-state index in [-0.39, 0.29) is 0 Å². The Bertz CT molecular complexity index is 316. The van der Waals surface area contributed by atoms with E-state index >= 15 is 0 Å². The molecule has 68 valence electrons. The highest BCUT2D eigenvalue weighted by molar-refractivity contribution is 5.59. The van der Waals surface area contributed by atoms with Crippen LogP contribution in [-0.4, -0.2) is 19.8 Å². The normalized spacial score (nSPS) is 11.5. The molecule has 0 N–H and O–H groups in total. The maximum absolute atomic E-state index is 4.08. The minimum absolute atomic E-state index is 0.546. The van der Waals surface area contributed by atoms with Crippen molar-refractivity contribution in [1.82, 2.24) is 0 Å². The van der Waals surface area contributed by atoms with Gasteiger partial charge in [-0.1, -0.05) is 18.2 Å². The molecule has 3 heteroatoms. The average Bonchev–Trinajstić information content (AvgIpc) is 2.15. The van der Waals surface area contributed by atoms with E-state index < -0.39 is 0 Å². The van der Waals surface area contributed by atoms with Crippen LogP contribution in [0, 0.1) is 6.92 Å². The van der Waals surface area contributed by atoms with Gasteiger partial charge >= 0.3 is 0 Å². The predicted molar refractivity (Wildman–Crippen MR) is 55.0 cm³/mol. The lowest BCUT2D eigenvalue weighted by molar-refractivity contribution is 1.10. The van der Waals surface area contributed by atoms with Crippen LogP contribution >= 0.6 is 0 Å². The molecule has 1 rings (SSSR count). The number of azo groups is 1. The van der Waals surface area contributed by atoms with Crippen molar-refractivity contribution in [2.45, 2.75) is 6.92 Å². The highest BCUT2D eigenvalue weighted by Gasteiger charge is 1.91. The summed E-state index contributed by atoms with van der Waals surface area (Å²) in [5.74, 6) is 0. The first-order valence-corrected chi connectivity index (χ1v) is 4.18.